The number of ether oxygens (including phenoxy) is 2. The number of carbonyl (C=O) groups is 1. The normalized spacial score (nSPS) is 25.9. The highest BCUT2D eigenvalue weighted by Crippen LogP contribution is 2.42. The number of carbonyl (C=O) groups excluding carboxylic acids is 1. The van der Waals surface area contributed by atoms with Crippen LogP contribution in [0.25, 0.3) is 10.9 Å². The fraction of sp³-hybridized carbons (Fsp3) is 0.690. The Balaban J connectivity index is 1.56. The molecule has 3 saturated heterocycles. The molecule has 10 nitrogen and oxygen atoms in total. The van der Waals surface area contributed by atoms with Gasteiger partial charge in [-0.25, -0.2) is 13.6 Å². The van der Waals surface area contributed by atoms with E-state index in [-0.39, 0.29) is 42.1 Å². The summed E-state index contributed by atoms with van der Waals surface area (Å²) in [6.07, 6.45) is 1.62. The van der Waals surface area contributed by atoms with Gasteiger partial charge in [0.05, 0.1) is 22.0 Å². The van der Waals surface area contributed by atoms with E-state index in [9.17, 15) is 19.2 Å². The number of nitrogens with zero attached hydrogens (tertiary/aromatic N) is 5. The highest BCUT2D eigenvalue weighted by molar-refractivity contribution is 9.10. The third-order valence-corrected chi connectivity index (χ3v) is 9.74. The molecule has 0 saturated carbocycles. The third-order valence-electron chi connectivity index (χ3n) is 8.84. The van der Waals surface area contributed by atoms with Gasteiger partial charge in [-0.05, 0) is 81.3 Å². The van der Waals surface area contributed by atoms with Crippen LogP contribution in [0.1, 0.15) is 59.8 Å². The topological polar surface area (TPSA) is 111 Å². The van der Waals surface area contributed by atoms with Crippen molar-refractivity contribution < 1.29 is 33.1 Å². The van der Waals surface area contributed by atoms with Crippen LogP contribution in [0.3, 0.4) is 0 Å². The predicted octanol–water partition coefficient (Wildman–Crippen LogP) is 5.21. The second-order valence-electron chi connectivity index (χ2n) is 13.1. The standard InChI is InChI=1S/C29H40BBrClF2N5O5/c1-5-18-14-38(19(7-9-30(41)42)15-39(18)27(40)44-28(2,3)4)25-22-20(31)11-21(32)23(34)24(22)35-26(36-25)43-16-29-8-6-10-37(29)13-17(33)12-29/h11,17-19,41-42H,5-10,12-16H2,1-4H3/t17-,18-,19-,29+/m1/s1. The van der Waals surface area contributed by atoms with Gasteiger partial charge in [-0.2, -0.15) is 9.97 Å². The van der Waals surface area contributed by atoms with Crippen molar-refractivity contribution in [2.75, 3.05) is 37.7 Å². The van der Waals surface area contributed by atoms with Gasteiger partial charge in [-0.3, -0.25) is 4.90 Å². The molecule has 0 radical (unpaired) electrons. The van der Waals surface area contributed by atoms with Gasteiger partial charge in [0.1, 0.15) is 29.7 Å². The zero-order valence-electron chi connectivity index (χ0n) is 25.5. The molecule has 3 aliphatic rings. The lowest BCUT2D eigenvalue weighted by atomic mass is 9.81. The summed E-state index contributed by atoms with van der Waals surface area (Å²) in [6, 6.07) is 0.668. The van der Waals surface area contributed by atoms with Gasteiger partial charge in [-0.1, -0.05) is 18.5 Å². The number of aromatic nitrogens is 2. The first kappa shape index (κ1) is 33.4. The van der Waals surface area contributed by atoms with Crippen molar-refractivity contribution in [2.24, 2.45) is 0 Å². The molecule has 44 heavy (non-hydrogen) atoms. The number of halogens is 4. The van der Waals surface area contributed by atoms with E-state index in [1.54, 1.807) is 25.7 Å². The maximum absolute atomic E-state index is 15.6. The van der Waals surface area contributed by atoms with Gasteiger partial charge in [0, 0.05) is 36.6 Å². The Labute approximate surface area is 270 Å². The summed E-state index contributed by atoms with van der Waals surface area (Å²) in [4.78, 5) is 28.3. The predicted molar refractivity (Wildman–Crippen MR) is 169 cm³/mol. The molecular weight excluding hydrogens is 663 g/mol. The number of benzene rings is 1. The Morgan fingerprint density at radius 1 is 1.25 bits per heavy atom. The van der Waals surface area contributed by atoms with E-state index in [4.69, 9.17) is 26.1 Å². The number of hydrogen-bond donors (Lipinski definition) is 2. The van der Waals surface area contributed by atoms with Crippen molar-refractivity contribution in [3.8, 4) is 6.01 Å². The van der Waals surface area contributed by atoms with Crippen LogP contribution in [-0.2, 0) is 4.74 Å². The lowest BCUT2D eigenvalue weighted by molar-refractivity contribution is 0.00979. The highest BCUT2D eigenvalue weighted by Gasteiger charge is 2.49. The molecule has 0 spiro atoms. The third kappa shape index (κ3) is 6.89. The van der Waals surface area contributed by atoms with Crippen molar-refractivity contribution in [3.63, 3.8) is 0 Å². The van der Waals surface area contributed by atoms with Crippen molar-refractivity contribution in [2.45, 2.75) is 95.5 Å². The number of anilines is 1. The van der Waals surface area contributed by atoms with E-state index >= 15 is 4.39 Å². The molecule has 3 aliphatic heterocycles. The molecule has 1 aromatic carbocycles. The molecule has 5 rings (SSSR count). The van der Waals surface area contributed by atoms with Crippen molar-refractivity contribution in [1.29, 1.82) is 0 Å². The Hall–Kier alpha value is -2.00. The summed E-state index contributed by atoms with van der Waals surface area (Å²) in [7, 11) is -1.56. The molecule has 2 N–H and O–H groups in total. The molecule has 15 heteroatoms. The van der Waals surface area contributed by atoms with Crippen LogP contribution in [0.2, 0.25) is 11.3 Å². The average Bonchev–Trinajstić information content (AvgIpc) is 3.47. The second kappa shape index (κ2) is 13.0. The van der Waals surface area contributed by atoms with Gasteiger partial charge in [0.25, 0.3) is 0 Å². The van der Waals surface area contributed by atoms with Crippen molar-refractivity contribution >= 4 is 57.5 Å². The quantitative estimate of drug-likeness (QED) is 0.283. The Bertz CT molecular complexity index is 1390. The van der Waals surface area contributed by atoms with Crippen LogP contribution in [0.15, 0.2) is 10.5 Å². The van der Waals surface area contributed by atoms with Crippen LogP contribution >= 0.6 is 27.5 Å². The van der Waals surface area contributed by atoms with Gasteiger partial charge in [0.15, 0.2) is 5.82 Å². The van der Waals surface area contributed by atoms with Crippen LogP contribution in [0.4, 0.5) is 19.4 Å². The summed E-state index contributed by atoms with van der Waals surface area (Å²) in [5.74, 6) is -0.367. The number of alkyl halides is 1. The minimum atomic E-state index is -1.56. The summed E-state index contributed by atoms with van der Waals surface area (Å²) in [6.45, 7) is 9.22. The number of piperazine rings is 1. The molecule has 1 aromatic heterocycles. The van der Waals surface area contributed by atoms with E-state index in [0.717, 1.165) is 19.4 Å². The van der Waals surface area contributed by atoms with Gasteiger partial charge in [-0.15, -0.1) is 0 Å². The maximum Gasteiger partial charge on any atom is 0.451 e. The van der Waals surface area contributed by atoms with Gasteiger partial charge in [0.2, 0.25) is 0 Å². The van der Waals surface area contributed by atoms with E-state index < -0.39 is 42.4 Å². The Morgan fingerprint density at radius 2 is 2.00 bits per heavy atom. The molecule has 242 valence electrons. The minimum absolute atomic E-state index is 0.0383. The van der Waals surface area contributed by atoms with Gasteiger partial charge < -0.3 is 29.3 Å². The molecule has 0 bridgehead atoms. The smallest absolute Gasteiger partial charge is 0.451 e. The number of hydrogen-bond acceptors (Lipinski definition) is 9. The lowest BCUT2D eigenvalue weighted by Gasteiger charge is -2.47. The summed E-state index contributed by atoms with van der Waals surface area (Å²) >= 11 is 9.77. The number of rotatable bonds is 8. The van der Waals surface area contributed by atoms with E-state index in [1.807, 2.05) is 11.8 Å². The van der Waals surface area contributed by atoms with E-state index in [2.05, 4.69) is 25.8 Å². The zero-order valence-corrected chi connectivity index (χ0v) is 27.9. The molecule has 4 heterocycles. The zero-order chi connectivity index (χ0) is 32.0. The fourth-order valence-corrected chi connectivity index (χ4v) is 7.70. The minimum Gasteiger partial charge on any atom is -0.461 e. The first-order chi connectivity index (χ1) is 20.7. The molecule has 3 fully saturated rings. The fourth-order valence-electron chi connectivity index (χ4n) is 6.78. The van der Waals surface area contributed by atoms with Crippen LogP contribution < -0.4 is 9.64 Å². The number of fused-ring (bicyclic) bond motifs is 2. The van der Waals surface area contributed by atoms with E-state index in [1.165, 1.54) is 6.07 Å². The molecule has 0 aliphatic carbocycles. The second-order valence-corrected chi connectivity index (χ2v) is 14.4. The summed E-state index contributed by atoms with van der Waals surface area (Å²) in [5.41, 5.74) is -1.20. The highest BCUT2D eigenvalue weighted by atomic mass is 79.9. The first-order valence-electron chi connectivity index (χ1n) is 15.2. The molecule has 4 atom stereocenters. The van der Waals surface area contributed by atoms with Crippen LogP contribution in [-0.4, -0.2) is 105 Å². The molecule has 1 amide bonds. The first-order valence-corrected chi connectivity index (χ1v) is 16.4. The molecule has 2 aromatic rings. The van der Waals surface area contributed by atoms with Gasteiger partial charge >= 0.3 is 19.2 Å². The number of amides is 1. The lowest BCUT2D eigenvalue weighted by Crippen LogP contribution is -2.61. The summed E-state index contributed by atoms with van der Waals surface area (Å²) < 4.78 is 42.4. The SMILES string of the molecule is CC[C@@H]1CN(c2nc(OC[C@@]34CCCN3C[C@H](F)C4)nc3c(F)c(Cl)cc(Br)c23)[C@H](CCB(O)O)CN1C(=O)OC(C)(C)C. The van der Waals surface area contributed by atoms with Crippen molar-refractivity contribution in [1.82, 2.24) is 19.8 Å². The Kier molecular flexibility index (Phi) is 9.87. The largest absolute Gasteiger partial charge is 0.461 e. The Morgan fingerprint density at radius 3 is 2.68 bits per heavy atom. The van der Waals surface area contributed by atoms with E-state index in [0.29, 0.717) is 48.0 Å². The summed E-state index contributed by atoms with van der Waals surface area (Å²) in [5, 5.41) is 19.7. The van der Waals surface area contributed by atoms with Crippen molar-refractivity contribution in [3.05, 3.63) is 21.4 Å². The maximum atomic E-state index is 15.6. The average molecular weight is 703 g/mol. The molecular formula is C29H40BBrClF2N5O5. The van der Waals surface area contributed by atoms with Crippen LogP contribution in [0, 0.1) is 5.82 Å². The monoisotopic (exact) mass is 701 g/mol. The molecule has 0 unspecified atom stereocenters. The van der Waals surface area contributed by atoms with Crippen LogP contribution in [0.5, 0.6) is 6.01 Å².